The summed E-state index contributed by atoms with van der Waals surface area (Å²) in [5, 5.41) is 9.14. The average Bonchev–Trinajstić information content (AvgIpc) is 2.56. The molecule has 3 heteroatoms. The number of rotatable bonds is 1. The van der Waals surface area contributed by atoms with Gasteiger partial charge in [-0.15, -0.1) is 0 Å². The zero-order chi connectivity index (χ0) is 14.4. The van der Waals surface area contributed by atoms with Crippen LogP contribution in [0.4, 0.5) is 0 Å². The van der Waals surface area contributed by atoms with Crippen LogP contribution in [0.3, 0.4) is 0 Å². The van der Waals surface area contributed by atoms with Crippen LogP contribution in [0.25, 0.3) is 11.1 Å². The minimum Gasteiger partial charge on any atom is -0.493 e. The van der Waals surface area contributed by atoms with Gasteiger partial charge in [0.25, 0.3) is 0 Å². The lowest BCUT2D eigenvalue weighted by Gasteiger charge is -2.18. The fourth-order valence-corrected chi connectivity index (χ4v) is 2.34. The topological polar surface area (TPSA) is 59.0 Å². The maximum absolute atomic E-state index is 9.14. The van der Waals surface area contributed by atoms with Crippen molar-refractivity contribution in [2.24, 2.45) is 5.73 Å². The van der Waals surface area contributed by atoms with Crippen molar-refractivity contribution in [3.63, 3.8) is 0 Å². The highest BCUT2D eigenvalue weighted by Gasteiger charge is 2.12. The van der Waals surface area contributed by atoms with Gasteiger partial charge in [0.1, 0.15) is 5.75 Å². The number of hydrogen-bond donors (Lipinski definition) is 1. The second-order valence-corrected chi connectivity index (χ2v) is 4.43. The van der Waals surface area contributed by atoms with Crippen molar-refractivity contribution in [3.05, 3.63) is 53.6 Å². The average molecular weight is 266 g/mol. The molecule has 20 heavy (non-hydrogen) atoms. The Labute approximate surface area is 119 Å². The Hall–Kier alpha value is -2.31. The van der Waals surface area contributed by atoms with Crippen molar-refractivity contribution in [1.82, 2.24) is 0 Å². The maximum Gasteiger partial charge on any atom is 0.123 e. The van der Waals surface area contributed by atoms with E-state index in [0.717, 1.165) is 36.3 Å². The number of hydrogen-bond acceptors (Lipinski definition) is 3. The summed E-state index contributed by atoms with van der Waals surface area (Å²) in [5.41, 5.74) is 8.48. The van der Waals surface area contributed by atoms with Crippen molar-refractivity contribution in [2.45, 2.75) is 12.8 Å². The number of nitriles is 1. The fraction of sp³-hybridized carbons (Fsp3) is 0.235. The highest BCUT2D eigenvalue weighted by atomic mass is 16.5. The molecule has 2 N–H and O–H groups in total. The third kappa shape index (κ3) is 2.81. The SMILES string of the molecule is CN.N#Cc1ccccc1-c1ccc2c(c1)OCCC2. The summed E-state index contributed by atoms with van der Waals surface area (Å²) in [6.45, 7) is 0.788. The van der Waals surface area contributed by atoms with Crippen molar-refractivity contribution in [2.75, 3.05) is 13.7 Å². The minimum absolute atomic E-state index is 0.702. The second-order valence-electron chi connectivity index (χ2n) is 4.43. The largest absolute Gasteiger partial charge is 0.493 e. The van der Waals surface area contributed by atoms with Crippen molar-refractivity contribution < 1.29 is 4.74 Å². The molecule has 0 radical (unpaired) electrons. The molecule has 0 aromatic heterocycles. The molecule has 0 atom stereocenters. The van der Waals surface area contributed by atoms with E-state index in [1.54, 1.807) is 0 Å². The number of fused-ring (bicyclic) bond motifs is 1. The van der Waals surface area contributed by atoms with Gasteiger partial charge in [-0.25, -0.2) is 0 Å². The van der Waals surface area contributed by atoms with E-state index in [4.69, 9.17) is 10.00 Å². The first-order chi connectivity index (χ1) is 9.88. The lowest BCUT2D eigenvalue weighted by molar-refractivity contribution is 0.288. The van der Waals surface area contributed by atoms with E-state index in [2.05, 4.69) is 23.9 Å². The molecule has 0 fully saturated rings. The molecular formula is C17H18N2O. The minimum atomic E-state index is 0.702. The quantitative estimate of drug-likeness (QED) is 0.862. The lowest BCUT2D eigenvalue weighted by Crippen LogP contribution is -2.08. The van der Waals surface area contributed by atoms with Gasteiger partial charge in [-0.3, -0.25) is 0 Å². The monoisotopic (exact) mass is 266 g/mol. The summed E-state index contributed by atoms with van der Waals surface area (Å²) in [5.74, 6) is 0.964. The summed E-state index contributed by atoms with van der Waals surface area (Å²) in [7, 11) is 1.50. The molecule has 102 valence electrons. The first kappa shape index (κ1) is 14.1. The van der Waals surface area contributed by atoms with E-state index in [-0.39, 0.29) is 0 Å². The fourth-order valence-electron chi connectivity index (χ4n) is 2.34. The van der Waals surface area contributed by atoms with Crippen LogP contribution in [-0.2, 0) is 6.42 Å². The predicted octanol–water partition coefficient (Wildman–Crippen LogP) is 3.13. The van der Waals surface area contributed by atoms with Gasteiger partial charge >= 0.3 is 0 Å². The molecule has 2 aromatic rings. The molecule has 0 aliphatic carbocycles. The molecule has 0 bridgehead atoms. The molecule has 3 rings (SSSR count). The molecule has 0 saturated carbocycles. The van der Waals surface area contributed by atoms with Crippen LogP contribution in [-0.4, -0.2) is 13.7 Å². The van der Waals surface area contributed by atoms with Crippen LogP contribution < -0.4 is 10.5 Å². The Morgan fingerprint density at radius 1 is 1.15 bits per heavy atom. The van der Waals surface area contributed by atoms with Crippen LogP contribution in [0.15, 0.2) is 42.5 Å². The van der Waals surface area contributed by atoms with E-state index >= 15 is 0 Å². The number of nitrogens with zero attached hydrogens (tertiary/aromatic N) is 1. The van der Waals surface area contributed by atoms with Gasteiger partial charge in [0.15, 0.2) is 0 Å². The summed E-state index contributed by atoms with van der Waals surface area (Å²) in [4.78, 5) is 0. The first-order valence-corrected chi connectivity index (χ1v) is 6.71. The smallest absolute Gasteiger partial charge is 0.123 e. The third-order valence-electron chi connectivity index (χ3n) is 3.27. The van der Waals surface area contributed by atoms with E-state index < -0.39 is 0 Å². The van der Waals surface area contributed by atoms with Crippen molar-refractivity contribution in [1.29, 1.82) is 5.26 Å². The molecule has 1 aliphatic rings. The molecule has 3 nitrogen and oxygen atoms in total. The molecule has 0 unspecified atom stereocenters. The van der Waals surface area contributed by atoms with Crippen LogP contribution in [0.1, 0.15) is 17.5 Å². The zero-order valence-electron chi connectivity index (χ0n) is 11.6. The summed E-state index contributed by atoms with van der Waals surface area (Å²) in [6.07, 6.45) is 2.16. The standard InChI is InChI=1S/C16H13NO.CH5N/c17-11-14-4-1-2-6-15(14)13-8-7-12-5-3-9-18-16(12)10-13;1-2/h1-2,4,6-8,10H,3,5,9H2;2H2,1H3. The van der Waals surface area contributed by atoms with E-state index in [0.29, 0.717) is 5.56 Å². The Kier molecular flexibility index (Phi) is 4.75. The molecule has 2 aromatic carbocycles. The maximum atomic E-state index is 9.14. The number of aryl methyl sites for hydroxylation is 1. The Bertz CT molecular complexity index is 629. The van der Waals surface area contributed by atoms with E-state index in [1.165, 1.54) is 12.6 Å². The number of benzene rings is 2. The lowest BCUT2D eigenvalue weighted by atomic mass is 9.97. The van der Waals surface area contributed by atoms with Gasteiger partial charge in [-0.05, 0) is 48.7 Å². The molecule has 1 heterocycles. The predicted molar refractivity (Wildman–Crippen MR) is 80.5 cm³/mol. The number of nitrogens with two attached hydrogens (primary N) is 1. The van der Waals surface area contributed by atoms with Gasteiger partial charge < -0.3 is 10.5 Å². The van der Waals surface area contributed by atoms with Gasteiger partial charge in [0.2, 0.25) is 0 Å². The molecule has 0 amide bonds. The molecule has 0 saturated heterocycles. The molecule has 0 spiro atoms. The van der Waals surface area contributed by atoms with Gasteiger partial charge in [-0.2, -0.15) is 5.26 Å². The van der Waals surface area contributed by atoms with Crippen molar-refractivity contribution >= 4 is 0 Å². The van der Waals surface area contributed by atoms with E-state index in [9.17, 15) is 0 Å². The van der Waals surface area contributed by atoms with Crippen LogP contribution in [0.5, 0.6) is 5.75 Å². The van der Waals surface area contributed by atoms with Crippen LogP contribution >= 0.6 is 0 Å². The highest BCUT2D eigenvalue weighted by molar-refractivity contribution is 5.72. The summed E-state index contributed by atoms with van der Waals surface area (Å²) in [6, 6.07) is 16.1. The van der Waals surface area contributed by atoms with Crippen LogP contribution in [0.2, 0.25) is 0 Å². The Morgan fingerprint density at radius 3 is 2.75 bits per heavy atom. The summed E-state index contributed by atoms with van der Waals surface area (Å²) < 4.78 is 5.68. The zero-order valence-corrected chi connectivity index (χ0v) is 11.6. The first-order valence-electron chi connectivity index (χ1n) is 6.71. The third-order valence-corrected chi connectivity index (χ3v) is 3.27. The Balaban J connectivity index is 0.000000704. The molecular weight excluding hydrogens is 248 g/mol. The molecule has 1 aliphatic heterocycles. The normalized spacial score (nSPS) is 12.2. The van der Waals surface area contributed by atoms with Crippen molar-refractivity contribution in [3.8, 4) is 22.9 Å². The van der Waals surface area contributed by atoms with Gasteiger partial charge in [0, 0.05) is 0 Å². The van der Waals surface area contributed by atoms with E-state index in [1.807, 2.05) is 30.3 Å². The van der Waals surface area contributed by atoms with Gasteiger partial charge in [-0.1, -0.05) is 30.3 Å². The highest BCUT2D eigenvalue weighted by Crippen LogP contribution is 2.31. The van der Waals surface area contributed by atoms with Gasteiger partial charge in [0.05, 0.1) is 18.2 Å². The number of ether oxygens (including phenoxy) is 1. The van der Waals surface area contributed by atoms with Crippen LogP contribution in [0, 0.1) is 11.3 Å². The second kappa shape index (κ2) is 6.74. The Morgan fingerprint density at radius 2 is 1.95 bits per heavy atom. The summed E-state index contributed by atoms with van der Waals surface area (Å²) >= 11 is 0.